The number of amides is 1. The average Bonchev–Trinajstić information content (AvgIpc) is 2.70. The second kappa shape index (κ2) is 5.44. The van der Waals surface area contributed by atoms with E-state index >= 15 is 0 Å². The van der Waals surface area contributed by atoms with Crippen LogP contribution in [-0.4, -0.2) is 48.0 Å². The Kier molecular flexibility index (Phi) is 4.50. The Hall–Kier alpha value is -0.650. The molecule has 1 amide bonds. The van der Waals surface area contributed by atoms with Crippen LogP contribution < -0.4 is 10.6 Å². The van der Waals surface area contributed by atoms with Crippen LogP contribution in [-0.2, 0) is 4.79 Å². The molecule has 0 spiro atoms. The first-order valence-corrected chi connectivity index (χ1v) is 5.33. The highest BCUT2D eigenvalue weighted by Crippen LogP contribution is 2.12. The molecule has 4 N–H and O–H groups in total. The van der Waals surface area contributed by atoms with Gasteiger partial charge in [0.1, 0.15) is 0 Å². The molecular formula is C10H20N2O3. The number of carbonyl (C=O) groups excluding carboxylic acids is 1. The molecule has 0 aromatic rings. The van der Waals surface area contributed by atoms with Crippen molar-refractivity contribution in [1.29, 1.82) is 0 Å². The van der Waals surface area contributed by atoms with Gasteiger partial charge in [0.05, 0.1) is 18.8 Å². The minimum atomic E-state index is -0.900. The van der Waals surface area contributed by atoms with Crippen LogP contribution in [0.25, 0.3) is 0 Å². The minimum absolute atomic E-state index is 0.102. The summed E-state index contributed by atoms with van der Waals surface area (Å²) < 4.78 is 0. The molecule has 1 aliphatic rings. The third-order valence-corrected chi connectivity index (χ3v) is 2.78. The van der Waals surface area contributed by atoms with Crippen LogP contribution in [0.3, 0.4) is 0 Å². The monoisotopic (exact) mass is 216 g/mol. The summed E-state index contributed by atoms with van der Waals surface area (Å²) in [6.07, 6.45) is 1.48. The summed E-state index contributed by atoms with van der Waals surface area (Å²) in [7, 11) is 0. The Morgan fingerprint density at radius 3 is 2.67 bits per heavy atom. The van der Waals surface area contributed by atoms with Crippen molar-refractivity contribution in [2.45, 2.75) is 25.3 Å². The van der Waals surface area contributed by atoms with Gasteiger partial charge in [0.25, 0.3) is 0 Å². The van der Waals surface area contributed by atoms with Gasteiger partial charge in [-0.3, -0.25) is 4.79 Å². The highest BCUT2D eigenvalue weighted by molar-refractivity contribution is 5.77. The summed E-state index contributed by atoms with van der Waals surface area (Å²) in [5.41, 5.74) is -0.900. The highest BCUT2D eigenvalue weighted by Gasteiger charge is 2.26. The van der Waals surface area contributed by atoms with Crippen molar-refractivity contribution in [3.05, 3.63) is 0 Å². The maximum atomic E-state index is 11.6. The van der Waals surface area contributed by atoms with Crippen molar-refractivity contribution in [3.63, 3.8) is 0 Å². The molecular weight excluding hydrogens is 196 g/mol. The number of aliphatic hydroxyl groups excluding tert-OH is 2. The lowest BCUT2D eigenvalue weighted by molar-refractivity contribution is -0.124. The average molecular weight is 216 g/mol. The van der Waals surface area contributed by atoms with Crippen LogP contribution in [0, 0.1) is 5.92 Å². The van der Waals surface area contributed by atoms with Crippen LogP contribution in [0.15, 0.2) is 0 Å². The van der Waals surface area contributed by atoms with Crippen LogP contribution in [0.5, 0.6) is 0 Å². The van der Waals surface area contributed by atoms with E-state index in [0.717, 1.165) is 19.5 Å². The van der Waals surface area contributed by atoms with Crippen molar-refractivity contribution in [2.24, 2.45) is 5.92 Å². The number of carbonyl (C=O) groups is 1. The predicted octanol–water partition coefficient (Wildman–Crippen LogP) is -1.15. The minimum Gasteiger partial charge on any atom is -0.394 e. The molecule has 1 rings (SSSR count). The fourth-order valence-electron chi connectivity index (χ4n) is 1.67. The van der Waals surface area contributed by atoms with E-state index in [2.05, 4.69) is 10.6 Å². The van der Waals surface area contributed by atoms with Crippen molar-refractivity contribution >= 4 is 5.91 Å². The lowest BCUT2D eigenvalue weighted by atomic mass is 10.0. The molecule has 0 saturated carbocycles. The Morgan fingerprint density at radius 1 is 1.53 bits per heavy atom. The second-order valence-corrected chi connectivity index (χ2v) is 4.49. The first-order chi connectivity index (χ1) is 7.09. The molecule has 0 radical (unpaired) electrons. The predicted molar refractivity (Wildman–Crippen MR) is 56.3 cm³/mol. The van der Waals surface area contributed by atoms with Crippen LogP contribution in [0.4, 0.5) is 0 Å². The fraction of sp³-hybridized carbons (Fsp3) is 0.900. The normalized spacial score (nSPS) is 21.7. The molecule has 0 aromatic carbocycles. The van der Waals surface area contributed by atoms with Gasteiger partial charge in [-0.05, 0) is 32.4 Å². The standard InChI is InChI=1S/C10H20N2O3/c1-10(6-13,7-14)12-9(15)4-8-2-3-11-5-8/h8,11,13-14H,2-7H2,1H3,(H,12,15). The Balaban J connectivity index is 2.33. The van der Waals surface area contributed by atoms with Crippen molar-refractivity contribution in [2.75, 3.05) is 26.3 Å². The van der Waals surface area contributed by atoms with Gasteiger partial charge in [-0.15, -0.1) is 0 Å². The Bertz CT molecular complexity index is 211. The molecule has 1 saturated heterocycles. The largest absolute Gasteiger partial charge is 0.394 e. The zero-order chi connectivity index (χ0) is 11.3. The van der Waals surface area contributed by atoms with Gasteiger partial charge >= 0.3 is 0 Å². The summed E-state index contributed by atoms with van der Waals surface area (Å²) in [5, 5.41) is 23.9. The number of aliphatic hydroxyl groups is 2. The van der Waals surface area contributed by atoms with Crippen LogP contribution in [0.2, 0.25) is 0 Å². The summed E-state index contributed by atoms with van der Waals surface area (Å²) in [6, 6.07) is 0. The summed E-state index contributed by atoms with van der Waals surface area (Å²) in [4.78, 5) is 11.6. The summed E-state index contributed by atoms with van der Waals surface area (Å²) >= 11 is 0. The summed E-state index contributed by atoms with van der Waals surface area (Å²) in [6.45, 7) is 2.96. The molecule has 0 aromatic heterocycles. The number of hydrogen-bond donors (Lipinski definition) is 4. The van der Waals surface area contributed by atoms with Gasteiger partial charge in [0.15, 0.2) is 0 Å². The first-order valence-electron chi connectivity index (χ1n) is 5.33. The van der Waals surface area contributed by atoms with Crippen LogP contribution >= 0.6 is 0 Å². The van der Waals surface area contributed by atoms with E-state index in [1.165, 1.54) is 0 Å². The molecule has 1 fully saturated rings. The maximum Gasteiger partial charge on any atom is 0.220 e. The molecule has 5 nitrogen and oxygen atoms in total. The van der Waals surface area contributed by atoms with Crippen molar-refractivity contribution in [1.82, 2.24) is 10.6 Å². The lowest BCUT2D eigenvalue weighted by Gasteiger charge is -2.26. The fourth-order valence-corrected chi connectivity index (χ4v) is 1.67. The topological polar surface area (TPSA) is 81.6 Å². The van der Waals surface area contributed by atoms with Gasteiger partial charge in [0.2, 0.25) is 5.91 Å². The van der Waals surface area contributed by atoms with Gasteiger partial charge in [-0.2, -0.15) is 0 Å². The smallest absolute Gasteiger partial charge is 0.220 e. The van der Waals surface area contributed by atoms with Gasteiger partial charge in [-0.1, -0.05) is 0 Å². The molecule has 15 heavy (non-hydrogen) atoms. The third-order valence-electron chi connectivity index (χ3n) is 2.78. The van der Waals surface area contributed by atoms with Gasteiger partial charge in [0, 0.05) is 6.42 Å². The number of rotatable bonds is 5. The molecule has 1 heterocycles. The summed E-state index contributed by atoms with van der Waals surface area (Å²) in [5.74, 6) is 0.279. The molecule has 88 valence electrons. The van der Waals surface area contributed by atoms with E-state index in [1.807, 2.05) is 0 Å². The molecule has 1 atom stereocenters. The third kappa shape index (κ3) is 3.77. The van der Waals surface area contributed by atoms with E-state index in [0.29, 0.717) is 12.3 Å². The molecule has 0 bridgehead atoms. The Morgan fingerprint density at radius 2 is 2.20 bits per heavy atom. The second-order valence-electron chi connectivity index (χ2n) is 4.49. The van der Waals surface area contributed by atoms with E-state index in [4.69, 9.17) is 10.2 Å². The van der Waals surface area contributed by atoms with E-state index in [1.54, 1.807) is 6.92 Å². The zero-order valence-corrected chi connectivity index (χ0v) is 9.12. The van der Waals surface area contributed by atoms with Crippen molar-refractivity contribution in [3.8, 4) is 0 Å². The number of nitrogens with one attached hydrogen (secondary N) is 2. The Labute approximate surface area is 89.9 Å². The maximum absolute atomic E-state index is 11.6. The van der Waals surface area contributed by atoms with E-state index in [-0.39, 0.29) is 19.1 Å². The van der Waals surface area contributed by atoms with Crippen molar-refractivity contribution < 1.29 is 15.0 Å². The molecule has 1 unspecified atom stereocenters. The van der Waals surface area contributed by atoms with Gasteiger partial charge in [-0.25, -0.2) is 0 Å². The molecule has 1 aliphatic heterocycles. The molecule has 5 heteroatoms. The highest BCUT2D eigenvalue weighted by atomic mass is 16.3. The number of hydrogen-bond acceptors (Lipinski definition) is 4. The first kappa shape index (κ1) is 12.4. The van der Waals surface area contributed by atoms with Crippen LogP contribution in [0.1, 0.15) is 19.8 Å². The van der Waals surface area contributed by atoms with Gasteiger partial charge < -0.3 is 20.8 Å². The zero-order valence-electron chi connectivity index (χ0n) is 9.12. The lowest BCUT2D eigenvalue weighted by Crippen LogP contribution is -2.52. The SMILES string of the molecule is CC(CO)(CO)NC(=O)CC1CCNC1. The van der Waals surface area contributed by atoms with E-state index < -0.39 is 5.54 Å². The van der Waals surface area contributed by atoms with E-state index in [9.17, 15) is 4.79 Å². The molecule has 0 aliphatic carbocycles. The quantitative estimate of drug-likeness (QED) is 0.467.